The smallest absolute Gasteiger partial charge is 0.315 e. The lowest BCUT2D eigenvalue weighted by Crippen LogP contribution is -2.18. The van der Waals surface area contributed by atoms with Crippen LogP contribution in [0.3, 0.4) is 0 Å². The average Bonchev–Trinajstić information content (AvgIpc) is 2.99. The molecule has 0 fully saturated rings. The van der Waals surface area contributed by atoms with Crippen molar-refractivity contribution in [2.75, 3.05) is 12.4 Å². The Labute approximate surface area is 106 Å². The summed E-state index contributed by atoms with van der Waals surface area (Å²) < 4.78 is 10.8. The fraction of sp³-hybridized carbons (Fsp3) is 0.500. The molecule has 2 atom stereocenters. The van der Waals surface area contributed by atoms with E-state index in [-0.39, 0.29) is 12.1 Å². The van der Waals surface area contributed by atoms with E-state index >= 15 is 0 Å². The predicted octanol–water partition coefficient (Wildman–Crippen LogP) is 1.99. The van der Waals surface area contributed by atoms with Gasteiger partial charge in [0.15, 0.2) is 0 Å². The van der Waals surface area contributed by atoms with Crippen molar-refractivity contribution in [1.29, 1.82) is 0 Å². The van der Waals surface area contributed by atoms with Gasteiger partial charge in [-0.25, -0.2) is 0 Å². The first-order valence-corrected chi connectivity index (χ1v) is 5.98. The van der Waals surface area contributed by atoms with Crippen molar-refractivity contribution in [2.45, 2.75) is 32.4 Å². The average molecular weight is 250 g/mol. The van der Waals surface area contributed by atoms with Crippen LogP contribution >= 0.6 is 0 Å². The first-order chi connectivity index (χ1) is 8.69. The van der Waals surface area contributed by atoms with E-state index in [1.807, 2.05) is 33.0 Å². The Balaban J connectivity index is 1.90. The van der Waals surface area contributed by atoms with Crippen molar-refractivity contribution in [2.24, 2.45) is 0 Å². The van der Waals surface area contributed by atoms with Gasteiger partial charge < -0.3 is 19.5 Å². The van der Waals surface area contributed by atoms with E-state index in [4.69, 9.17) is 8.83 Å². The molecule has 2 aromatic heterocycles. The molecule has 2 rings (SSSR count). The third kappa shape index (κ3) is 3.10. The number of hydrogen-bond donors (Lipinski definition) is 2. The molecule has 6 nitrogen and oxygen atoms in total. The largest absolute Gasteiger partial charge is 0.469 e. The molecular formula is C12H18N4O2. The highest BCUT2D eigenvalue weighted by molar-refractivity contribution is 5.20. The summed E-state index contributed by atoms with van der Waals surface area (Å²) in [6.07, 6.45) is 2.44. The zero-order valence-electron chi connectivity index (χ0n) is 10.8. The number of furan rings is 1. The van der Waals surface area contributed by atoms with Crippen LogP contribution in [0.2, 0.25) is 0 Å². The van der Waals surface area contributed by atoms with Crippen LogP contribution < -0.4 is 10.6 Å². The summed E-state index contributed by atoms with van der Waals surface area (Å²) in [4.78, 5) is 0. The van der Waals surface area contributed by atoms with Crippen LogP contribution in [0.5, 0.6) is 0 Å². The van der Waals surface area contributed by atoms with Gasteiger partial charge in [-0.05, 0) is 33.0 Å². The van der Waals surface area contributed by atoms with Crippen molar-refractivity contribution >= 4 is 6.01 Å². The molecule has 0 radical (unpaired) electrons. The Hall–Kier alpha value is -1.82. The van der Waals surface area contributed by atoms with Crippen molar-refractivity contribution in [3.63, 3.8) is 0 Å². The molecule has 0 aliphatic heterocycles. The Morgan fingerprint density at radius 3 is 2.83 bits per heavy atom. The minimum Gasteiger partial charge on any atom is -0.469 e. The van der Waals surface area contributed by atoms with Crippen molar-refractivity contribution in [3.8, 4) is 0 Å². The maximum Gasteiger partial charge on any atom is 0.315 e. The molecule has 0 bridgehead atoms. The molecule has 18 heavy (non-hydrogen) atoms. The van der Waals surface area contributed by atoms with E-state index < -0.39 is 0 Å². The highest BCUT2D eigenvalue weighted by Gasteiger charge is 2.14. The molecule has 2 heterocycles. The summed E-state index contributed by atoms with van der Waals surface area (Å²) in [5, 5.41) is 14.1. The van der Waals surface area contributed by atoms with Gasteiger partial charge in [0.1, 0.15) is 5.76 Å². The van der Waals surface area contributed by atoms with Crippen LogP contribution in [0, 0.1) is 0 Å². The summed E-state index contributed by atoms with van der Waals surface area (Å²) in [6.45, 7) is 4.00. The van der Waals surface area contributed by atoms with E-state index in [2.05, 4.69) is 20.8 Å². The molecular weight excluding hydrogens is 232 g/mol. The van der Waals surface area contributed by atoms with Crippen LogP contribution in [0.1, 0.15) is 31.5 Å². The summed E-state index contributed by atoms with van der Waals surface area (Å²) in [5.74, 6) is 1.50. The summed E-state index contributed by atoms with van der Waals surface area (Å²) in [7, 11) is 1.85. The summed E-state index contributed by atoms with van der Waals surface area (Å²) in [6, 6.07) is 4.47. The van der Waals surface area contributed by atoms with Gasteiger partial charge in [-0.15, -0.1) is 5.10 Å². The van der Waals surface area contributed by atoms with Crippen LogP contribution in [0.4, 0.5) is 6.01 Å². The second-order valence-corrected chi connectivity index (χ2v) is 4.28. The van der Waals surface area contributed by atoms with Gasteiger partial charge in [-0.3, -0.25) is 0 Å². The molecule has 0 aliphatic carbocycles. The molecule has 0 spiro atoms. The van der Waals surface area contributed by atoms with E-state index in [9.17, 15) is 0 Å². The topological polar surface area (TPSA) is 76.1 Å². The molecule has 0 saturated heterocycles. The van der Waals surface area contributed by atoms with Gasteiger partial charge in [-0.1, -0.05) is 5.10 Å². The molecule has 0 aliphatic rings. The quantitative estimate of drug-likeness (QED) is 0.816. The Kier molecular flexibility index (Phi) is 3.99. The molecule has 6 heteroatoms. The first-order valence-electron chi connectivity index (χ1n) is 5.98. The van der Waals surface area contributed by atoms with E-state index in [0.717, 1.165) is 12.2 Å². The van der Waals surface area contributed by atoms with Crippen LogP contribution in [0.25, 0.3) is 0 Å². The number of nitrogens with one attached hydrogen (secondary N) is 2. The lowest BCUT2D eigenvalue weighted by molar-refractivity contribution is 0.436. The summed E-state index contributed by atoms with van der Waals surface area (Å²) >= 11 is 0. The fourth-order valence-corrected chi connectivity index (χ4v) is 1.58. The van der Waals surface area contributed by atoms with E-state index in [1.54, 1.807) is 6.26 Å². The second-order valence-electron chi connectivity index (χ2n) is 4.28. The maximum absolute atomic E-state index is 5.50. The van der Waals surface area contributed by atoms with Gasteiger partial charge in [0.05, 0.1) is 12.3 Å². The monoisotopic (exact) mass is 250 g/mol. The zero-order chi connectivity index (χ0) is 13.0. The minimum absolute atomic E-state index is 0.0495. The lowest BCUT2D eigenvalue weighted by Gasteiger charge is -2.09. The Bertz CT molecular complexity index is 466. The number of hydrogen-bond acceptors (Lipinski definition) is 6. The molecule has 0 saturated carbocycles. The minimum atomic E-state index is 0.0495. The molecule has 2 N–H and O–H groups in total. The number of nitrogens with zero attached hydrogens (tertiary/aromatic N) is 2. The predicted molar refractivity (Wildman–Crippen MR) is 67.3 cm³/mol. The van der Waals surface area contributed by atoms with Crippen LogP contribution in [-0.2, 0) is 6.42 Å². The second kappa shape index (κ2) is 5.68. The lowest BCUT2D eigenvalue weighted by atomic mass is 10.2. The summed E-state index contributed by atoms with van der Waals surface area (Å²) in [5.41, 5.74) is 0. The van der Waals surface area contributed by atoms with E-state index in [0.29, 0.717) is 11.9 Å². The van der Waals surface area contributed by atoms with Gasteiger partial charge in [0.25, 0.3) is 0 Å². The highest BCUT2D eigenvalue weighted by atomic mass is 16.4. The molecule has 0 amide bonds. The molecule has 98 valence electrons. The maximum atomic E-state index is 5.50. The van der Waals surface area contributed by atoms with Gasteiger partial charge >= 0.3 is 6.01 Å². The Morgan fingerprint density at radius 1 is 1.33 bits per heavy atom. The molecule has 2 aromatic rings. The molecule has 2 unspecified atom stereocenters. The normalized spacial score (nSPS) is 14.4. The first kappa shape index (κ1) is 12.6. The number of anilines is 1. The number of rotatable bonds is 6. The van der Waals surface area contributed by atoms with E-state index in [1.165, 1.54) is 0 Å². The van der Waals surface area contributed by atoms with Crippen molar-refractivity contribution in [3.05, 3.63) is 30.0 Å². The van der Waals surface area contributed by atoms with Crippen molar-refractivity contribution < 1.29 is 8.83 Å². The van der Waals surface area contributed by atoms with Crippen molar-refractivity contribution in [1.82, 2.24) is 15.5 Å². The standard InChI is InChI=1S/C12H18N4O2/c1-8(7-10-5-4-6-17-10)14-12-16-15-11(18-12)9(2)13-3/h4-6,8-9,13H,7H2,1-3H3,(H,14,16). The van der Waals surface area contributed by atoms with Crippen LogP contribution in [-0.4, -0.2) is 23.3 Å². The molecule has 0 aromatic carbocycles. The fourth-order valence-electron chi connectivity index (χ4n) is 1.58. The SMILES string of the molecule is CNC(C)c1nnc(NC(C)Cc2ccco2)o1. The zero-order valence-corrected chi connectivity index (χ0v) is 10.8. The third-order valence-corrected chi connectivity index (χ3v) is 2.70. The van der Waals surface area contributed by atoms with Gasteiger partial charge in [0.2, 0.25) is 5.89 Å². The third-order valence-electron chi connectivity index (χ3n) is 2.70. The Morgan fingerprint density at radius 2 is 2.17 bits per heavy atom. The van der Waals surface area contributed by atoms with Crippen LogP contribution in [0.15, 0.2) is 27.2 Å². The van der Waals surface area contributed by atoms with Gasteiger partial charge in [0, 0.05) is 12.5 Å². The van der Waals surface area contributed by atoms with Gasteiger partial charge in [-0.2, -0.15) is 0 Å². The number of aromatic nitrogens is 2. The highest BCUT2D eigenvalue weighted by Crippen LogP contribution is 2.14.